The lowest BCUT2D eigenvalue weighted by molar-refractivity contribution is -0.0385. The average molecular weight is 286 g/mol. The molecule has 6 nitrogen and oxygen atoms in total. The summed E-state index contributed by atoms with van der Waals surface area (Å²) < 4.78 is 5.35. The standard InChI is InChI=1S/C14H30N4O2/c1-13(2)20-14(19)18(10-6-4-3-5-7-15)17-11-8-16-9-12-17/h13,16H,3-12,15H2,1-2H3. The van der Waals surface area contributed by atoms with Crippen LogP contribution in [-0.4, -0.2) is 61.5 Å². The number of unbranched alkanes of at least 4 members (excludes halogenated alkanes) is 3. The third-order valence-corrected chi connectivity index (χ3v) is 3.31. The number of amides is 1. The molecule has 0 saturated carbocycles. The Balaban J connectivity index is 2.43. The van der Waals surface area contributed by atoms with Crippen molar-refractivity contribution in [1.82, 2.24) is 15.3 Å². The first-order chi connectivity index (χ1) is 9.65. The zero-order valence-corrected chi connectivity index (χ0v) is 12.9. The number of hydrogen-bond donors (Lipinski definition) is 2. The number of piperazine rings is 1. The van der Waals surface area contributed by atoms with E-state index in [0.717, 1.165) is 65.0 Å². The highest BCUT2D eigenvalue weighted by Gasteiger charge is 2.24. The molecule has 0 aromatic heterocycles. The molecule has 1 saturated heterocycles. The van der Waals surface area contributed by atoms with Crippen molar-refractivity contribution in [3.05, 3.63) is 0 Å². The Labute approximate surface area is 122 Å². The number of hydrogen-bond acceptors (Lipinski definition) is 5. The maximum absolute atomic E-state index is 12.2. The summed E-state index contributed by atoms with van der Waals surface area (Å²) in [4.78, 5) is 12.2. The minimum Gasteiger partial charge on any atom is -0.446 e. The molecule has 118 valence electrons. The number of nitrogens with zero attached hydrogens (tertiary/aromatic N) is 2. The molecule has 1 rings (SSSR count). The van der Waals surface area contributed by atoms with Crippen LogP contribution in [0.3, 0.4) is 0 Å². The van der Waals surface area contributed by atoms with E-state index in [0.29, 0.717) is 0 Å². The van der Waals surface area contributed by atoms with Gasteiger partial charge < -0.3 is 15.8 Å². The van der Waals surface area contributed by atoms with Gasteiger partial charge in [-0.2, -0.15) is 0 Å². The lowest BCUT2D eigenvalue weighted by Gasteiger charge is -2.37. The van der Waals surface area contributed by atoms with E-state index in [1.54, 1.807) is 5.01 Å². The average Bonchev–Trinajstić information content (AvgIpc) is 2.43. The normalized spacial score (nSPS) is 16.4. The molecular weight excluding hydrogens is 256 g/mol. The van der Waals surface area contributed by atoms with Gasteiger partial charge in [0.05, 0.1) is 6.10 Å². The van der Waals surface area contributed by atoms with Gasteiger partial charge in [0.15, 0.2) is 0 Å². The van der Waals surface area contributed by atoms with Gasteiger partial charge in [-0.05, 0) is 33.2 Å². The molecular formula is C14H30N4O2. The molecule has 0 aliphatic carbocycles. The summed E-state index contributed by atoms with van der Waals surface area (Å²) in [5.41, 5.74) is 5.49. The van der Waals surface area contributed by atoms with E-state index >= 15 is 0 Å². The first-order valence-corrected chi connectivity index (χ1v) is 7.79. The smallest absolute Gasteiger partial charge is 0.424 e. The minimum absolute atomic E-state index is 0.0786. The molecule has 1 fully saturated rings. The lowest BCUT2D eigenvalue weighted by atomic mass is 10.2. The van der Waals surface area contributed by atoms with Gasteiger partial charge in [0, 0.05) is 32.7 Å². The number of ether oxygens (including phenoxy) is 1. The monoisotopic (exact) mass is 286 g/mol. The lowest BCUT2D eigenvalue weighted by Crippen LogP contribution is -2.55. The van der Waals surface area contributed by atoms with Crippen molar-refractivity contribution < 1.29 is 9.53 Å². The Morgan fingerprint density at radius 1 is 1.25 bits per heavy atom. The van der Waals surface area contributed by atoms with Crippen LogP contribution >= 0.6 is 0 Å². The predicted octanol–water partition coefficient (Wildman–Crippen LogP) is 1.17. The molecule has 0 radical (unpaired) electrons. The van der Waals surface area contributed by atoms with Gasteiger partial charge in [-0.25, -0.2) is 14.8 Å². The minimum atomic E-state index is -0.222. The molecule has 20 heavy (non-hydrogen) atoms. The van der Waals surface area contributed by atoms with Gasteiger partial charge in [0.1, 0.15) is 0 Å². The Bertz CT molecular complexity index is 268. The fraction of sp³-hybridized carbons (Fsp3) is 0.929. The van der Waals surface area contributed by atoms with Crippen molar-refractivity contribution >= 4 is 6.09 Å². The maximum atomic E-state index is 12.2. The highest BCUT2D eigenvalue weighted by atomic mass is 16.6. The van der Waals surface area contributed by atoms with Crippen molar-refractivity contribution in [2.75, 3.05) is 39.3 Å². The van der Waals surface area contributed by atoms with E-state index < -0.39 is 0 Å². The van der Waals surface area contributed by atoms with E-state index in [4.69, 9.17) is 10.5 Å². The molecule has 0 aromatic carbocycles. The molecule has 0 spiro atoms. The first kappa shape index (κ1) is 17.2. The van der Waals surface area contributed by atoms with Gasteiger partial charge >= 0.3 is 6.09 Å². The quantitative estimate of drug-likeness (QED) is 0.656. The number of hydrazine groups is 1. The van der Waals surface area contributed by atoms with E-state index in [1.807, 2.05) is 13.8 Å². The van der Waals surface area contributed by atoms with Gasteiger partial charge in [-0.3, -0.25) is 0 Å². The van der Waals surface area contributed by atoms with E-state index in [-0.39, 0.29) is 12.2 Å². The number of rotatable bonds is 8. The van der Waals surface area contributed by atoms with Crippen molar-refractivity contribution in [3.63, 3.8) is 0 Å². The van der Waals surface area contributed by atoms with Crippen molar-refractivity contribution in [3.8, 4) is 0 Å². The van der Waals surface area contributed by atoms with Crippen LogP contribution in [0.15, 0.2) is 0 Å². The summed E-state index contributed by atoms with van der Waals surface area (Å²) >= 11 is 0. The second-order valence-electron chi connectivity index (χ2n) is 5.46. The van der Waals surface area contributed by atoms with Crippen LogP contribution in [0.1, 0.15) is 39.5 Å². The van der Waals surface area contributed by atoms with E-state index in [1.165, 1.54) is 0 Å². The summed E-state index contributed by atoms with van der Waals surface area (Å²) in [7, 11) is 0. The zero-order chi connectivity index (χ0) is 14.8. The molecule has 6 heteroatoms. The van der Waals surface area contributed by atoms with Crippen LogP contribution < -0.4 is 11.1 Å². The Hall–Kier alpha value is -0.850. The van der Waals surface area contributed by atoms with Gasteiger partial charge in [-0.15, -0.1) is 0 Å². The predicted molar refractivity (Wildman–Crippen MR) is 80.3 cm³/mol. The van der Waals surface area contributed by atoms with Crippen LogP contribution in [0.5, 0.6) is 0 Å². The van der Waals surface area contributed by atoms with E-state index in [2.05, 4.69) is 10.3 Å². The number of carbonyl (C=O) groups excluding carboxylic acids is 1. The van der Waals surface area contributed by atoms with Crippen molar-refractivity contribution in [2.24, 2.45) is 5.73 Å². The summed E-state index contributed by atoms with van der Waals surface area (Å²) in [6, 6.07) is 0. The topological polar surface area (TPSA) is 70.8 Å². The van der Waals surface area contributed by atoms with Crippen molar-refractivity contribution in [1.29, 1.82) is 0 Å². The molecule has 1 aliphatic heterocycles. The van der Waals surface area contributed by atoms with Crippen LogP contribution in [0.2, 0.25) is 0 Å². The Morgan fingerprint density at radius 3 is 2.50 bits per heavy atom. The SMILES string of the molecule is CC(C)OC(=O)N(CCCCCCN)N1CCNCC1. The summed E-state index contributed by atoms with van der Waals surface area (Å²) in [6.07, 6.45) is 3.99. The third kappa shape index (κ3) is 6.54. The molecule has 1 aliphatic rings. The summed E-state index contributed by atoms with van der Waals surface area (Å²) in [6.45, 7) is 8.79. The van der Waals surface area contributed by atoms with E-state index in [9.17, 15) is 4.79 Å². The van der Waals surface area contributed by atoms with Crippen LogP contribution in [-0.2, 0) is 4.74 Å². The number of nitrogens with one attached hydrogen (secondary N) is 1. The molecule has 0 aromatic rings. The fourth-order valence-corrected chi connectivity index (χ4v) is 2.26. The second kappa shape index (κ2) is 9.96. The fourth-order valence-electron chi connectivity index (χ4n) is 2.26. The van der Waals surface area contributed by atoms with Crippen LogP contribution in [0.25, 0.3) is 0 Å². The maximum Gasteiger partial charge on any atom is 0.424 e. The van der Waals surface area contributed by atoms with Gasteiger partial charge in [0.25, 0.3) is 0 Å². The van der Waals surface area contributed by atoms with Crippen molar-refractivity contribution in [2.45, 2.75) is 45.6 Å². The number of nitrogens with two attached hydrogens (primary N) is 1. The second-order valence-corrected chi connectivity index (χ2v) is 5.46. The highest BCUT2D eigenvalue weighted by molar-refractivity contribution is 5.67. The summed E-state index contributed by atoms with van der Waals surface area (Å²) in [5.74, 6) is 0. The van der Waals surface area contributed by atoms with Crippen LogP contribution in [0.4, 0.5) is 4.79 Å². The molecule has 3 N–H and O–H groups in total. The Kier molecular flexibility index (Phi) is 8.57. The Morgan fingerprint density at radius 2 is 1.90 bits per heavy atom. The van der Waals surface area contributed by atoms with Gasteiger partial charge in [0.2, 0.25) is 0 Å². The number of carbonyl (C=O) groups is 1. The zero-order valence-electron chi connectivity index (χ0n) is 12.9. The molecule has 0 atom stereocenters. The van der Waals surface area contributed by atoms with Gasteiger partial charge in [-0.1, -0.05) is 12.8 Å². The van der Waals surface area contributed by atoms with Crippen LogP contribution in [0, 0.1) is 0 Å². The summed E-state index contributed by atoms with van der Waals surface area (Å²) in [5, 5.41) is 7.18. The first-order valence-electron chi connectivity index (χ1n) is 7.79. The molecule has 0 unspecified atom stereocenters. The third-order valence-electron chi connectivity index (χ3n) is 3.31. The molecule has 0 bridgehead atoms. The molecule has 1 heterocycles. The molecule has 1 amide bonds. The highest BCUT2D eigenvalue weighted by Crippen LogP contribution is 2.09. The largest absolute Gasteiger partial charge is 0.446 e.